The molecule has 1 heterocycles. The van der Waals surface area contributed by atoms with Gasteiger partial charge in [-0.2, -0.15) is 0 Å². The molecule has 0 aromatic rings. The third-order valence-electron chi connectivity index (χ3n) is 2.57. The van der Waals surface area contributed by atoms with Gasteiger partial charge in [0.15, 0.2) is 0 Å². The molecule has 1 aliphatic rings. The highest BCUT2D eigenvalue weighted by atomic mass is 16.2. The first-order valence-electron chi connectivity index (χ1n) is 8.01. The zero-order valence-electron chi connectivity index (χ0n) is 14.4. The van der Waals surface area contributed by atoms with Gasteiger partial charge >= 0.3 is 0 Å². The fourth-order valence-electron chi connectivity index (χ4n) is 1.60. The third kappa shape index (κ3) is 11.9. The fraction of sp³-hybridized carbons (Fsp3) is 0.556. The molecular formula is C18H32N2O. The maximum atomic E-state index is 11.6. The lowest BCUT2D eigenvalue weighted by Gasteiger charge is -2.06. The lowest BCUT2D eigenvalue weighted by Crippen LogP contribution is -2.31. The van der Waals surface area contributed by atoms with Crippen molar-refractivity contribution >= 4 is 12.1 Å². The van der Waals surface area contributed by atoms with E-state index in [4.69, 9.17) is 0 Å². The van der Waals surface area contributed by atoms with Crippen LogP contribution in [0.2, 0.25) is 0 Å². The molecule has 0 aromatic carbocycles. The smallest absolute Gasteiger partial charge is 0.244 e. The summed E-state index contributed by atoms with van der Waals surface area (Å²) in [6, 6.07) is -0.218. The van der Waals surface area contributed by atoms with Gasteiger partial charge in [-0.25, -0.2) is 0 Å². The summed E-state index contributed by atoms with van der Waals surface area (Å²) in [5.41, 5.74) is 1.03. The number of rotatable bonds is 4. The first-order chi connectivity index (χ1) is 10.2. The van der Waals surface area contributed by atoms with Gasteiger partial charge in [-0.1, -0.05) is 58.6 Å². The lowest BCUT2D eigenvalue weighted by molar-refractivity contribution is -0.121. The maximum Gasteiger partial charge on any atom is 0.244 e. The Labute approximate surface area is 130 Å². The number of hydrogen-bond donors (Lipinski definition) is 1. The van der Waals surface area contributed by atoms with Crippen LogP contribution in [0.5, 0.6) is 0 Å². The van der Waals surface area contributed by atoms with Crippen molar-refractivity contribution in [3.8, 4) is 0 Å². The van der Waals surface area contributed by atoms with Gasteiger partial charge in [0.25, 0.3) is 0 Å². The van der Waals surface area contributed by atoms with Gasteiger partial charge in [-0.05, 0) is 31.8 Å². The Balaban J connectivity index is 0. The maximum absolute atomic E-state index is 11.6. The van der Waals surface area contributed by atoms with Crippen molar-refractivity contribution in [2.24, 2.45) is 4.99 Å². The topological polar surface area (TPSA) is 41.5 Å². The zero-order valence-corrected chi connectivity index (χ0v) is 14.4. The van der Waals surface area contributed by atoms with Crippen molar-refractivity contribution in [3.05, 3.63) is 36.5 Å². The van der Waals surface area contributed by atoms with Gasteiger partial charge in [0.2, 0.25) is 5.91 Å². The Hall–Kier alpha value is -1.64. The van der Waals surface area contributed by atoms with Gasteiger partial charge in [0, 0.05) is 12.8 Å². The molecule has 0 aliphatic carbocycles. The summed E-state index contributed by atoms with van der Waals surface area (Å²) < 4.78 is 0. The molecule has 3 nitrogen and oxygen atoms in total. The number of nitrogens with one attached hydrogen (secondary N) is 1. The van der Waals surface area contributed by atoms with Crippen molar-refractivity contribution in [2.75, 3.05) is 6.54 Å². The molecule has 0 aromatic heterocycles. The summed E-state index contributed by atoms with van der Waals surface area (Å²) in [5.74, 6) is 0.0492. The largest absolute Gasteiger partial charge is 0.354 e. The average Bonchev–Trinajstić information content (AvgIpc) is 2.74. The molecular weight excluding hydrogens is 260 g/mol. The highest BCUT2D eigenvalue weighted by Crippen LogP contribution is 2.08. The van der Waals surface area contributed by atoms with Crippen molar-refractivity contribution in [2.45, 2.75) is 59.9 Å². The van der Waals surface area contributed by atoms with Gasteiger partial charge in [-0.15, -0.1) is 0 Å². The number of carbonyl (C=O) groups is 1. The van der Waals surface area contributed by atoms with Crippen LogP contribution in [0.4, 0.5) is 0 Å². The molecule has 1 unspecified atom stereocenters. The van der Waals surface area contributed by atoms with Crippen LogP contribution in [0.3, 0.4) is 0 Å². The van der Waals surface area contributed by atoms with E-state index in [-0.39, 0.29) is 11.9 Å². The van der Waals surface area contributed by atoms with Gasteiger partial charge in [0.1, 0.15) is 6.04 Å². The van der Waals surface area contributed by atoms with E-state index in [1.54, 1.807) is 12.3 Å². The van der Waals surface area contributed by atoms with Gasteiger partial charge < -0.3 is 5.32 Å². The number of carbonyl (C=O) groups excluding carboxylic acids is 1. The molecule has 0 saturated carbocycles. The normalized spacial score (nSPS) is 19.0. The van der Waals surface area contributed by atoms with Crippen molar-refractivity contribution in [1.82, 2.24) is 5.32 Å². The first-order valence-corrected chi connectivity index (χ1v) is 8.01. The van der Waals surface area contributed by atoms with Crippen LogP contribution < -0.4 is 5.32 Å². The number of hydrogen-bond acceptors (Lipinski definition) is 2. The molecule has 120 valence electrons. The van der Waals surface area contributed by atoms with E-state index >= 15 is 0 Å². The lowest BCUT2D eigenvalue weighted by atomic mass is 10.1. The summed E-state index contributed by atoms with van der Waals surface area (Å²) in [7, 11) is 0. The molecule has 0 spiro atoms. The van der Waals surface area contributed by atoms with Crippen LogP contribution >= 0.6 is 0 Å². The minimum absolute atomic E-state index is 0.0492. The molecule has 1 saturated heterocycles. The van der Waals surface area contributed by atoms with Gasteiger partial charge in [0.05, 0.1) is 0 Å². The number of aliphatic imine (C=N–C) groups is 1. The summed E-state index contributed by atoms with van der Waals surface area (Å²) in [6.45, 7) is 14.3. The van der Waals surface area contributed by atoms with Crippen LogP contribution in [-0.2, 0) is 4.79 Å². The van der Waals surface area contributed by atoms with Crippen LogP contribution in [0.15, 0.2) is 41.4 Å². The minimum Gasteiger partial charge on any atom is -0.354 e. The van der Waals surface area contributed by atoms with Gasteiger partial charge in [-0.3, -0.25) is 9.79 Å². The Bertz CT molecular complexity index is 354. The monoisotopic (exact) mass is 292 g/mol. The highest BCUT2D eigenvalue weighted by Gasteiger charge is 2.18. The summed E-state index contributed by atoms with van der Waals surface area (Å²) in [4.78, 5) is 16.0. The molecule has 0 bridgehead atoms. The predicted molar refractivity (Wildman–Crippen MR) is 94.9 cm³/mol. The molecule has 1 aliphatic heterocycles. The van der Waals surface area contributed by atoms with Crippen molar-refractivity contribution < 1.29 is 4.79 Å². The number of amides is 1. The second-order valence-electron chi connectivity index (χ2n) is 4.11. The van der Waals surface area contributed by atoms with Crippen molar-refractivity contribution in [1.29, 1.82) is 0 Å². The molecule has 3 heteroatoms. The van der Waals surface area contributed by atoms with Crippen LogP contribution in [-0.4, -0.2) is 24.7 Å². The Kier molecular flexibility index (Phi) is 16.9. The molecule has 0 radical (unpaired) electrons. The average molecular weight is 292 g/mol. The quantitative estimate of drug-likeness (QED) is 0.603. The first kappa shape index (κ1) is 21.7. The summed E-state index contributed by atoms with van der Waals surface area (Å²) in [6.07, 6.45) is 12.1. The highest BCUT2D eigenvalue weighted by molar-refractivity contribution is 5.86. The Morgan fingerprint density at radius 2 is 1.90 bits per heavy atom. The van der Waals surface area contributed by atoms with Crippen LogP contribution in [0.25, 0.3) is 0 Å². The van der Waals surface area contributed by atoms with E-state index in [9.17, 15) is 4.79 Å². The summed E-state index contributed by atoms with van der Waals surface area (Å²) in [5, 5.41) is 2.87. The Morgan fingerprint density at radius 3 is 2.52 bits per heavy atom. The predicted octanol–water partition coefficient (Wildman–Crippen LogP) is 4.47. The van der Waals surface area contributed by atoms with Crippen LogP contribution in [0, 0.1) is 0 Å². The third-order valence-corrected chi connectivity index (χ3v) is 2.57. The molecule has 1 amide bonds. The minimum atomic E-state index is -0.218. The van der Waals surface area contributed by atoms with E-state index in [2.05, 4.69) is 16.9 Å². The zero-order chi connectivity index (χ0) is 16.5. The number of nitrogens with zero attached hydrogens (tertiary/aromatic N) is 1. The molecule has 1 atom stereocenters. The molecule has 21 heavy (non-hydrogen) atoms. The van der Waals surface area contributed by atoms with Crippen molar-refractivity contribution in [3.63, 3.8) is 0 Å². The fourth-order valence-corrected chi connectivity index (χ4v) is 1.60. The molecule has 1 rings (SSSR count). The van der Waals surface area contributed by atoms with Crippen LogP contribution in [0.1, 0.15) is 53.9 Å². The van der Waals surface area contributed by atoms with E-state index in [1.165, 1.54) is 0 Å². The standard InChI is InChI=1S/C14H20N2O.2C2H6/c1-3-4-5-8-12(2)11-16-13-9-6-7-10-15-14(13)17;2*1-2/h3-5,8,11,13H,1,6-7,9-10H2,2H3,(H,15,17);2*1-2H3/b5-4-,12-8+,16-11?;;. The summed E-state index contributed by atoms with van der Waals surface area (Å²) >= 11 is 0. The number of allylic oxidation sites excluding steroid dienone is 5. The van der Waals surface area contributed by atoms with E-state index in [1.807, 2.05) is 52.8 Å². The Morgan fingerprint density at radius 1 is 1.24 bits per heavy atom. The van der Waals surface area contributed by atoms with E-state index < -0.39 is 0 Å². The molecule has 1 N–H and O–H groups in total. The second kappa shape index (κ2) is 16.4. The second-order valence-corrected chi connectivity index (χ2v) is 4.11. The molecule has 1 fully saturated rings. The SMILES string of the molecule is C=C/C=C\C=C(/C)C=NC1CCCCNC1=O.CC.CC. The van der Waals surface area contributed by atoms with E-state index in [0.29, 0.717) is 0 Å². The van der Waals surface area contributed by atoms with E-state index in [0.717, 1.165) is 31.4 Å².